The highest BCUT2D eigenvalue weighted by Crippen LogP contribution is 2.33. The number of nitrogens with zero attached hydrogens (tertiary/aromatic N) is 1. The average Bonchev–Trinajstić information content (AvgIpc) is 2.28. The minimum absolute atomic E-state index is 0.0172. The molecule has 3 nitrogen and oxygen atoms in total. The fourth-order valence-electron chi connectivity index (χ4n) is 2.15. The normalized spacial score (nSPS) is 11.3. The van der Waals surface area contributed by atoms with Crippen LogP contribution in [-0.4, -0.2) is 18.2 Å². The molecular formula is C16H23NO2. The van der Waals surface area contributed by atoms with Crippen molar-refractivity contribution in [2.75, 3.05) is 11.4 Å². The summed E-state index contributed by atoms with van der Waals surface area (Å²) in [6.07, 6.45) is 0. The van der Waals surface area contributed by atoms with E-state index in [1.807, 2.05) is 19.1 Å². The van der Waals surface area contributed by atoms with Gasteiger partial charge in [-0.3, -0.25) is 9.59 Å². The van der Waals surface area contributed by atoms with E-state index >= 15 is 0 Å². The Morgan fingerprint density at radius 2 is 1.74 bits per heavy atom. The third-order valence-corrected chi connectivity index (χ3v) is 3.20. The van der Waals surface area contributed by atoms with E-state index in [9.17, 15) is 9.59 Å². The van der Waals surface area contributed by atoms with E-state index in [1.165, 1.54) is 0 Å². The van der Waals surface area contributed by atoms with Crippen molar-refractivity contribution in [2.24, 2.45) is 0 Å². The highest BCUT2D eigenvalue weighted by Gasteiger charge is 2.23. The molecule has 1 amide bonds. The molecule has 0 fully saturated rings. The predicted molar refractivity (Wildman–Crippen MR) is 78.8 cm³/mol. The van der Waals surface area contributed by atoms with E-state index in [-0.39, 0.29) is 17.1 Å². The van der Waals surface area contributed by atoms with Crippen molar-refractivity contribution in [1.29, 1.82) is 0 Å². The molecule has 0 aliphatic carbocycles. The van der Waals surface area contributed by atoms with Crippen LogP contribution in [0.4, 0.5) is 5.69 Å². The van der Waals surface area contributed by atoms with Crippen molar-refractivity contribution in [3.05, 3.63) is 29.3 Å². The number of carbonyl (C=O) groups excluding carboxylic acids is 2. The summed E-state index contributed by atoms with van der Waals surface area (Å²) >= 11 is 0. The summed E-state index contributed by atoms with van der Waals surface area (Å²) in [6.45, 7) is 12.0. The van der Waals surface area contributed by atoms with Gasteiger partial charge in [-0.25, -0.2) is 0 Å². The van der Waals surface area contributed by atoms with Crippen LogP contribution >= 0.6 is 0 Å². The number of amides is 1. The summed E-state index contributed by atoms with van der Waals surface area (Å²) in [7, 11) is 0. The van der Waals surface area contributed by atoms with Gasteiger partial charge in [0.15, 0.2) is 5.78 Å². The maximum Gasteiger partial charge on any atom is 0.223 e. The fraction of sp³-hybridized carbons (Fsp3) is 0.500. The molecule has 0 aliphatic heterocycles. The molecule has 0 unspecified atom stereocenters. The predicted octanol–water partition coefficient (Wildman–Crippen LogP) is 3.56. The van der Waals surface area contributed by atoms with Gasteiger partial charge in [0.25, 0.3) is 0 Å². The second-order valence-electron chi connectivity index (χ2n) is 5.80. The Kier molecular flexibility index (Phi) is 4.51. The lowest BCUT2D eigenvalue weighted by Crippen LogP contribution is -2.31. The van der Waals surface area contributed by atoms with Crippen LogP contribution in [0.5, 0.6) is 0 Å². The van der Waals surface area contributed by atoms with Crippen LogP contribution < -0.4 is 4.90 Å². The van der Waals surface area contributed by atoms with Crippen molar-refractivity contribution in [3.8, 4) is 0 Å². The van der Waals surface area contributed by atoms with Crippen LogP contribution in [0, 0.1) is 0 Å². The highest BCUT2D eigenvalue weighted by molar-refractivity contribution is 5.97. The number of carbonyl (C=O) groups is 2. The first-order valence-corrected chi connectivity index (χ1v) is 6.62. The third-order valence-electron chi connectivity index (χ3n) is 3.20. The summed E-state index contributed by atoms with van der Waals surface area (Å²) in [5.41, 5.74) is 2.49. The first-order valence-electron chi connectivity index (χ1n) is 6.62. The first kappa shape index (κ1) is 15.4. The van der Waals surface area contributed by atoms with Crippen LogP contribution in [0.15, 0.2) is 18.2 Å². The van der Waals surface area contributed by atoms with E-state index in [0.29, 0.717) is 12.1 Å². The first-order chi connectivity index (χ1) is 8.68. The molecule has 0 aromatic heterocycles. The van der Waals surface area contributed by atoms with E-state index in [4.69, 9.17) is 0 Å². The zero-order chi connectivity index (χ0) is 14.8. The van der Waals surface area contributed by atoms with Gasteiger partial charge in [0.05, 0.1) is 0 Å². The number of hydrogen-bond donors (Lipinski definition) is 0. The van der Waals surface area contributed by atoms with Crippen LogP contribution in [0.25, 0.3) is 0 Å². The number of benzene rings is 1. The molecule has 104 valence electrons. The number of rotatable bonds is 3. The molecule has 0 bridgehead atoms. The zero-order valence-corrected chi connectivity index (χ0v) is 12.7. The van der Waals surface area contributed by atoms with Gasteiger partial charge >= 0.3 is 0 Å². The Hall–Kier alpha value is -1.64. The van der Waals surface area contributed by atoms with Gasteiger partial charge in [-0.2, -0.15) is 0 Å². The van der Waals surface area contributed by atoms with Gasteiger partial charge in [0.1, 0.15) is 0 Å². The van der Waals surface area contributed by atoms with Crippen molar-refractivity contribution < 1.29 is 9.59 Å². The van der Waals surface area contributed by atoms with Crippen molar-refractivity contribution in [3.63, 3.8) is 0 Å². The molecule has 19 heavy (non-hydrogen) atoms. The fourth-order valence-corrected chi connectivity index (χ4v) is 2.15. The van der Waals surface area contributed by atoms with E-state index in [2.05, 4.69) is 20.8 Å². The second kappa shape index (κ2) is 5.55. The third kappa shape index (κ3) is 3.43. The van der Waals surface area contributed by atoms with Crippen LogP contribution in [0.2, 0.25) is 0 Å². The number of anilines is 1. The molecule has 3 heteroatoms. The quantitative estimate of drug-likeness (QED) is 0.780. The average molecular weight is 261 g/mol. The lowest BCUT2D eigenvalue weighted by molar-refractivity contribution is -0.116. The summed E-state index contributed by atoms with van der Waals surface area (Å²) in [5, 5.41) is 0. The lowest BCUT2D eigenvalue weighted by atomic mass is 9.84. The van der Waals surface area contributed by atoms with Gasteiger partial charge < -0.3 is 4.90 Å². The van der Waals surface area contributed by atoms with Gasteiger partial charge in [-0.15, -0.1) is 0 Å². The summed E-state index contributed by atoms with van der Waals surface area (Å²) in [6, 6.07) is 5.57. The highest BCUT2D eigenvalue weighted by atomic mass is 16.2. The Balaban J connectivity index is 3.47. The van der Waals surface area contributed by atoms with Gasteiger partial charge in [0, 0.05) is 24.7 Å². The van der Waals surface area contributed by atoms with Crippen molar-refractivity contribution in [1.82, 2.24) is 0 Å². The number of hydrogen-bond acceptors (Lipinski definition) is 2. The standard InChI is InChI=1S/C16H23NO2/c1-7-17(12(3)19)15-9-8-13(11(2)18)10-14(15)16(4,5)6/h8-10H,7H2,1-6H3. The molecule has 1 aromatic rings. The zero-order valence-electron chi connectivity index (χ0n) is 12.7. The molecule has 0 heterocycles. The monoisotopic (exact) mass is 261 g/mol. The topological polar surface area (TPSA) is 37.4 Å². The Morgan fingerprint density at radius 1 is 1.16 bits per heavy atom. The maximum atomic E-state index is 11.7. The number of ketones is 1. The Morgan fingerprint density at radius 3 is 2.11 bits per heavy atom. The molecule has 0 saturated heterocycles. The van der Waals surface area contributed by atoms with Crippen LogP contribution in [0.1, 0.15) is 57.5 Å². The molecule has 1 rings (SSSR count). The molecule has 0 aliphatic rings. The molecule has 0 atom stereocenters. The number of Topliss-reactive ketones (excluding diaryl/α,β-unsaturated/α-hetero) is 1. The Labute approximate surface area is 115 Å². The minimum Gasteiger partial charge on any atom is -0.313 e. The smallest absolute Gasteiger partial charge is 0.223 e. The second-order valence-corrected chi connectivity index (χ2v) is 5.80. The largest absolute Gasteiger partial charge is 0.313 e. The maximum absolute atomic E-state index is 11.7. The van der Waals surface area contributed by atoms with Gasteiger partial charge in [0.2, 0.25) is 5.91 Å². The van der Waals surface area contributed by atoms with E-state index in [1.54, 1.807) is 24.8 Å². The van der Waals surface area contributed by atoms with Gasteiger partial charge in [-0.1, -0.05) is 20.8 Å². The summed E-state index contributed by atoms with van der Waals surface area (Å²) in [5.74, 6) is 0.0616. The van der Waals surface area contributed by atoms with Crippen LogP contribution in [-0.2, 0) is 10.2 Å². The molecule has 1 aromatic carbocycles. The Bertz CT molecular complexity index is 498. The van der Waals surface area contributed by atoms with E-state index in [0.717, 1.165) is 11.3 Å². The summed E-state index contributed by atoms with van der Waals surface area (Å²) < 4.78 is 0. The van der Waals surface area contributed by atoms with Crippen molar-refractivity contribution in [2.45, 2.75) is 47.0 Å². The minimum atomic E-state index is -0.121. The molecule has 0 spiro atoms. The van der Waals surface area contributed by atoms with Crippen molar-refractivity contribution >= 4 is 17.4 Å². The molecule has 0 saturated carbocycles. The SMILES string of the molecule is CCN(C(C)=O)c1ccc(C(C)=O)cc1C(C)(C)C. The molecule has 0 radical (unpaired) electrons. The van der Waals surface area contributed by atoms with Gasteiger partial charge in [-0.05, 0) is 43.0 Å². The van der Waals surface area contributed by atoms with E-state index < -0.39 is 0 Å². The molecular weight excluding hydrogens is 238 g/mol. The summed E-state index contributed by atoms with van der Waals surface area (Å²) in [4.78, 5) is 25.0. The van der Waals surface area contributed by atoms with Crippen LogP contribution in [0.3, 0.4) is 0 Å². The lowest BCUT2D eigenvalue weighted by Gasteiger charge is -2.29. The molecule has 0 N–H and O–H groups in total.